The molecule has 4 rings (SSSR count). The number of halogens is 3. The summed E-state index contributed by atoms with van der Waals surface area (Å²) in [5.41, 5.74) is 6.72. The minimum absolute atomic E-state index is 0.124. The molecule has 0 spiro atoms. The Labute approximate surface area is 203 Å². The fourth-order valence-electron chi connectivity index (χ4n) is 3.47. The van der Waals surface area contributed by atoms with Crippen molar-refractivity contribution in [2.75, 3.05) is 5.32 Å². The molecule has 0 bridgehead atoms. The van der Waals surface area contributed by atoms with Crippen LogP contribution < -0.4 is 11.1 Å². The number of alkyl halides is 3. The zero-order valence-electron chi connectivity index (χ0n) is 19.3. The van der Waals surface area contributed by atoms with Gasteiger partial charge in [0.15, 0.2) is 5.57 Å². The van der Waals surface area contributed by atoms with Gasteiger partial charge in [0.1, 0.15) is 18.0 Å². The molecule has 1 fully saturated rings. The van der Waals surface area contributed by atoms with Crippen molar-refractivity contribution in [1.82, 2.24) is 15.0 Å². The molecule has 0 atom stereocenters. The number of ether oxygens (including phenoxy) is 2. The van der Waals surface area contributed by atoms with Gasteiger partial charge in [0.05, 0.1) is 17.0 Å². The molecule has 0 unspecified atom stereocenters. The van der Waals surface area contributed by atoms with E-state index in [1.165, 1.54) is 26.2 Å². The number of cyclic esters (lactones) is 2. The summed E-state index contributed by atoms with van der Waals surface area (Å²) in [4.78, 5) is 37.0. The largest absolute Gasteiger partial charge is 0.419 e. The lowest BCUT2D eigenvalue weighted by molar-refractivity contribution is -0.222. The van der Waals surface area contributed by atoms with Crippen molar-refractivity contribution in [3.8, 4) is 11.3 Å². The minimum atomic E-state index is -4.49. The van der Waals surface area contributed by atoms with Crippen molar-refractivity contribution in [3.05, 3.63) is 71.2 Å². The van der Waals surface area contributed by atoms with E-state index in [4.69, 9.17) is 15.2 Å². The van der Waals surface area contributed by atoms with Crippen LogP contribution in [-0.4, -0.2) is 32.7 Å². The van der Waals surface area contributed by atoms with Gasteiger partial charge in [0, 0.05) is 31.2 Å². The highest BCUT2D eigenvalue weighted by Gasteiger charge is 2.40. The number of rotatable bonds is 4. The minimum Gasteiger partial charge on any atom is -0.419 e. The maximum Gasteiger partial charge on any atom is 0.417 e. The van der Waals surface area contributed by atoms with Crippen LogP contribution in [0.4, 0.5) is 24.8 Å². The topological polar surface area (TPSA) is 129 Å². The van der Waals surface area contributed by atoms with Crippen LogP contribution >= 0.6 is 0 Å². The fraction of sp³-hybridized carbons (Fsp3) is 0.208. The average Bonchev–Trinajstić information content (AvgIpc) is 2.79. The van der Waals surface area contributed by atoms with Crippen LogP contribution in [0.3, 0.4) is 0 Å². The van der Waals surface area contributed by atoms with Crippen molar-refractivity contribution in [2.24, 2.45) is 5.73 Å². The Kier molecular flexibility index (Phi) is 6.12. The Hall–Kier alpha value is -4.48. The number of carbonyl (C=O) groups excluding carboxylic acids is 2. The number of hydrogen-bond acceptors (Lipinski definition) is 9. The van der Waals surface area contributed by atoms with E-state index in [2.05, 4.69) is 20.3 Å². The Morgan fingerprint density at radius 3 is 2.33 bits per heavy atom. The second-order valence-corrected chi connectivity index (χ2v) is 8.30. The highest BCUT2D eigenvalue weighted by molar-refractivity contribution is 6.20. The van der Waals surface area contributed by atoms with Crippen LogP contribution in [0.25, 0.3) is 17.0 Å². The molecule has 12 heteroatoms. The van der Waals surface area contributed by atoms with E-state index in [-0.39, 0.29) is 11.5 Å². The summed E-state index contributed by atoms with van der Waals surface area (Å²) in [6, 6.07) is 8.73. The van der Waals surface area contributed by atoms with Crippen molar-refractivity contribution >= 4 is 29.3 Å². The lowest BCUT2D eigenvalue weighted by atomic mass is 10.0. The molecule has 3 heterocycles. The molecule has 1 aliphatic rings. The third-order valence-corrected chi connectivity index (χ3v) is 5.22. The number of aromatic nitrogens is 3. The third kappa shape index (κ3) is 4.97. The number of benzene rings is 1. The summed E-state index contributed by atoms with van der Waals surface area (Å²) >= 11 is 0. The molecule has 1 aromatic carbocycles. The number of anilines is 2. The van der Waals surface area contributed by atoms with Crippen LogP contribution in [-0.2, 0) is 25.2 Å². The first-order chi connectivity index (χ1) is 16.9. The van der Waals surface area contributed by atoms with Gasteiger partial charge >= 0.3 is 18.1 Å². The maximum atomic E-state index is 12.8. The van der Waals surface area contributed by atoms with E-state index in [9.17, 15) is 22.8 Å². The first-order valence-corrected chi connectivity index (χ1v) is 10.5. The molecule has 3 N–H and O–H groups in total. The molecular weight excluding hydrogens is 479 g/mol. The fourth-order valence-corrected chi connectivity index (χ4v) is 3.47. The van der Waals surface area contributed by atoms with Gasteiger partial charge in [-0.1, -0.05) is 18.2 Å². The lowest BCUT2D eigenvalue weighted by Crippen LogP contribution is -2.42. The molecule has 1 saturated heterocycles. The molecule has 2 aromatic heterocycles. The Morgan fingerprint density at radius 1 is 1.03 bits per heavy atom. The summed E-state index contributed by atoms with van der Waals surface area (Å²) in [6.45, 7) is 4.58. The highest BCUT2D eigenvalue weighted by Crippen LogP contribution is 2.32. The van der Waals surface area contributed by atoms with Gasteiger partial charge in [-0.2, -0.15) is 13.2 Å². The predicted octanol–water partition coefficient (Wildman–Crippen LogP) is 4.12. The van der Waals surface area contributed by atoms with Crippen molar-refractivity contribution < 1.29 is 32.2 Å². The highest BCUT2D eigenvalue weighted by atomic mass is 19.4. The first kappa shape index (κ1) is 24.6. The van der Waals surface area contributed by atoms with Gasteiger partial charge in [-0.25, -0.2) is 24.5 Å². The van der Waals surface area contributed by atoms with Gasteiger partial charge in [-0.05, 0) is 30.7 Å². The van der Waals surface area contributed by atoms with Crippen LogP contribution in [0, 0.1) is 6.92 Å². The molecule has 0 radical (unpaired) electrons. The normalized spacial score (nSPS) is 15.2. The van der Waals surface area contributed by atoms with Gasteiger partial charge in [-0.3, -0.25) is 0 Å². The number of esters is 2. The van der Waals surface area contributed by atoms with Crippen LogP contribution in [0.15, 0.2) is 54.5 Å². The number of pyridine rings is 1. The van der Waals surface area contributed by atoms with Gasteiger partial charge < -0.3 is 20.5 Å². The number of nitrogens with one attached hydrogen (secondary N) is 1. The zero-order chi connectivity index (χ0) is 26.3. The average molecular weight is 499 g/mol. The maximum absolute atomic E-state index is 12.8. The Morgan fingerprint density at radius 2 is 1.72 bits per heavy atom. The first-order valence-electron chi connectivity index (χ1n) is 10.5. The van der Waals surface area contributed by atoms with E-state index < -0.39 is 35.0 Å². The van der Waals surface area contributed by atoms with Gasteiger partial charge in [0.2, 0.25) is 0 Å². The lowest BCUT2D eigenvalue weighted by Gasteiger charge is -2.30. The summed E-state index contributed by atoms with van der Waals surface area (Å²) in [6.07, 6.45) is -2.49. The SMILES string of the molecule is Cc1c(Nc2ccc(C(F)(F)F)cn2)ncnc1-c1cccc(C(N)=C2C(=O)OC(C)(C)OC2=O)c1. The summed E-state index contributed by atoms with van der Waals surface area (Å²) in [7, 11) is 0. The Balaban J connectivity index is 1.65. The Bertz CT molecular complexity index is 1360. The molecule has 0 saturated carbocycles. The second kappa shape index (κ2) is 8.95. The van der Waals surface area contributed by atoms with E-state index in [0.29, 0.717) is 28.2 Å². The molecule has 1 aliphatic heterocycles. The van der Waals surface area contributed by atoms with E-state index >= 15 is 0 Å². The molecule has 0 amide bonds. The summed E-state index contributed by atoms with van der Waals surface area (Å²) in [5, 5.41) is 2.88. The predicted molar refractivity (Wildman–Crippen MR) is 122 cm³/mol. The molecule has 36 heavy (non-hydrogen) atoms. The van der Waals surface area contributed by atoms with Crippen LogP contribution in [0.2, 0.25) is 0 Å². The number of nitrogens with two attached hydrogens (primary N) is 1. The van der Waals surface area contributed by atoms with E-state index in [1.54, 1.807) is 31.2 Å². The molecular formula is C24H20F3N5O4. The van der Waals surface area contributed by atoms with Crippen molar-refractivity contribution in [3.63, 3.8) is 0 Å². The zero-order valence-corrected chi connectivity index (χ0v) is 19.3. The number of nitrogens with zero attached hydrogens (tertiary/aromatic N) is 3. The number of carbonyl (C=O) groups is 2. The standard InChI is InChI=1S/C24H20F3N5O4/c1-12-19(30-11-31-20(12)32-16-8-7-15(10-29-16)24(25,26)27)14-6-4-5-13(9-14)18(28)17-21(33)35-23(2,3)36-22(17)34/h4-11H,28H2,1-3H3,(H,29,30,31,32). The van der Waals surface area contributed by atoms with Crippen molar-refractivity contribution in [2.45, 2.75) is 32.7 Å². The summed E-state index contributed by atoms with van der Waals surface area (Å²) < 4.78 is 48.6. The molecule has 186 valence electrons. The van der Waals surface area contributed by atoms with Gasteiger partial charge in [-0.15, -0.1) is 0 Å². The van der Waals surface area contributed by atoms with E-state index in [1.807, 2.05) is 0 Å². The quantitative estimate of drug-likeness (QED) is 0.309. The van der Waals surface area contributed by atoms with E-state index in [0.717, 1.165) is 12.3 Å². The summed E-state index contributed by atoms with van der Waals surface area (Å²) in [5.74, 6) is -2.70. The third-order valence-electron chi connectivity index (χ3n) is 5.22. The molecule has 9 nitrogen and oxygen atoms in total. The number of hydrogen-bond donors (Lipinski definition) is 2. The molecule has 0 aliphatic carbocycles. The molecule has 3 aromatic rings. The van der Waals surface area contributed by atoms with Crippen LogP contribution in [0.5, 0.6) is 0 Å². The van der Waals surface area contributed by atoms with Gasteiger partial charge in [0.25, 0.3) is 5.79 Å². The monoisotopic (exact) mass is 499 g/mol. The van der Waals surface area contributed by atoms with Crippen molar-refractivity contribution in [1.29, 1.82) is 0 Å². The smallest absolute Gasteiger partial charge is 0.417 e. The van der Waals surface area contributed by atoms with Crippen LogP contribution in [0.1, 0.15) is 30.5 Å². The second-order valence-electron chi connectivity index (χ2n) is 8.30.